The minimum absolute atomic E-state index is 0.156. The molecule has 0 bridgehead atoms. The molecule has 4 nitrogen and oxygen atoms in total. The Morgan fingerprint density at radius 3 is 2.79 bits per heavy atom. The number of carbonyl (C=O) groups is 1. The van der Waals surface area contributed by atoms with Gasteiger partial charge < -0.3 is 5.32 Å². The van der Waals surface area contributed by atoms with Crippen LogP contribution in [0.3, 0.4) is 0 Å². The van der Waals surface area contributed by atoms with E-state index in [-0.39, 0.29) is 5.92 Å². The molecule has 2 rings (SSSR count). The van der Waals surface area contributed by atoms with E-state index >= 15 is 0 Å². The van der Waals surface area contributed by atoms with Gasteiger partial charge in [-0.1, -0.05) is 31.5 Å². The third kappa shape index (κ3) is 3.29. The lowest BCUT2D eigenvalue weighted by atomic mass is 10.1. The third-order valence-corrected chi connectivity index (χ3v) is 2.84. The van der Waals surface area contributed by atoms with Crippen molar-refractivity contribution in [1.29, 1.82) is 0 Å². The molecule has 0 saturated heterocycles. The molecule has 0 fully saturated rings. The van der Waals surface area contributed by atoms with Crippen LogP contribution in [0, 0.1) is 0 Å². The first-order chi connectivity index (χ1) is 9.10. The number of carbonyl (C=O) groups excluding carboxylic acids is 1. The Balaban J connectivity index is 2.31. The van der Waals surface area contributed by atoms with Crippen LogP contribution in [0.15, 0.2) is 30.5 Å². The molecule has 1 N–H and O–H groups in total. The van der Waals surface area contributed by atoms with Gasteiger partial charge in [0.05, 0.1) is 11.3 Å². The summed E-state index contributed by atoms with van der Waals surface area (Å²) in [5.41, 5.74) is 2.06. The lowest BCUT2D eigenvalue weighted by Gasteiger charge is -2.10. The monoisotopic (exact) mass is 275 g/mol. The highest BCUT2D eigenvalue weighted by atomic mass is 35.5. The summed E-state index contributed by atoms with van der Waals surface area (Å²) < 4.78 is 0. The highest BCUT2D eigenvalue weighted by molar-refractivity contribution is 6.30. The van der Waals surface area contributed by atoms with E-state index in [1.165, 1.54) is 6.20 Å². The Bertz CT molecular complexity index is 599. The van der Waals surface area contributed by atoms with E-state index in [1.54, 1.807) is 12.1 Å². The number of aldehydes is 1. The lowest BCUT2D eigenvalue weighted by molar-refractivity contribution is 0.112. The average molecular weight is 276 g/mol. The van der Waals surface area contributed by atoms with Crippen LogP contribution in [-0.2, 0) is 0 Å². The fourth-order valence-corrected chi connectivity index (χ4v) is 1.90. The van der Waals surface area contributed by atoms with Crippen molar-refractivity contribution >= 4 is 29.5 Å². The largest absolute Gasteiger partial charge is 0.324 e. The van der Waals surface area contributed by atoms with Gasteiger partial charge in [-0.05, 0) is 24.1 Å². The second-order valence-corrected chi connectivity index (χ2v) is 4.88. The van der Waals surface area contributed by atoms with Crippen molar-refractivity contribution in [3.8, 4) is 0 Å². The second kappa shape index (κ2) is 5.80. The molecule has 2 aromatic rings. The smallest absolute Gasteiger partial charge is 0.227 e. The van der Waals surface area contributed by atoms with Crippen molar-refractivity contribution in [1.82, 2.24) is 9.97 Å². The van der Waals surface area contributed by atoms with E-state index < -0.39 is 0 Å². The predicted molar refractivity (Wildman–Crippen MR) is 76.2 cm³/mol. The quantitative estimate of drug-likeness (QED) is 0.862. The first-order valence-electron chi connectivity index (χ1n) is 5.95. The maximum absolute atomic E-state index is 10.9. The summed E-state index contributed by atoms with van der Waals surface area (Å²) in [6.45, 7) is 3.97. The molecule has 0 radical (unpaired) electrons. The average Bonchev–Trinajstić information content (AvgIpc) is 2.38. The molecule has 0 spiro atoms. The topological polar surface area (TPSA) is 54.9 Å². The Morgan fingerprint density at radius 2 is 2.16 bits per heavy atom. The van der Waals surface area contributed by atoms with E-state index in [1.807, 2.05) is 26.0 Å². The van der Waals surface area contributed by atoms with Gasteiger partial charge in [0.25, 0.3) is 0 Å². The summed E-state index contributed by atoms with van der Waals surface area (Å²) in [5.74, 6) is 0.611. The van der Waals surface area contributed by atoms with Crippen molar-refractivity contribution in [3.63, 3.8) is 0 Å². The molecular formula is C14H14ClN3O. The normalized spacial score (nSPS) is 10.5. The Morgan fingerprint density at radius 1 is 1.37 bits per heavy atom. The number of rotatable bonds is 4. The number of nitrogens with one attached hydrogen (secondary N) is 1. The van der Waals surface area contributed by atoms with Crippen LogP contribution >= 0.6 is 11.6 Å². The minimum atomic E-state index is 0.156. The molecule has 1 heterocycles. The van der Waals surface area contributed by atoms with Gasteiger partial charge in [0, 0.05) is 16.9 Å². The zero-order chi connectivity index (χ0) is 13.8. The molecule has 1 aromatic heterocycles. The molecule has 19 heavy (non-hydrogen) atoms. The van der Waals surface area contributed by atoms with Crippen LogP contribution in [-0.4, -0.2) is 16.3 Å². The molecule has 0 aliphatic carbocycles. The van der Waals surface area contributed by atoms with Crippen molar-refractivity contribution < 1.29 is 4.79 Å². The van der Waals surface area contributed by atoms with E-state index in [9.17, 15) is 4.79 Å². The van der Waals surface area contributed by atoms with Gasteiger partial charge in [0.2, 0.25) is 5.95 Å². The number of halogens is 1. The highest BCUT2D eigenvalue weighted by Crippen LogP contribution is 2.20. The van der Waals surface area contributed by atoms with Crippen LogP contribution in [0.5, 0.6) is 0 Å². The Hall–Kier alpha value is -1.94. The second-order valence-electron chi connectivity index (χ2n) is 4.44. The minimum Gasteiger partial charge on any atom is -0.324 e. The number of hydrogen-bond donors (Lipinski definition) is 1. The van der Waals surface area contributed by atoms with Crippen LogP contribution in [0.25, 0.3) is 0 Å². The van der Waals surface area contributed by atoms with E-state index in [0.29, 0.717) is 16.5 Å². The van der Waals surface area contributed by atoms with Gasteiger partial charge in [-0.25, -0.2) is 9.97 Å². The molecule has 98 valence electrons. The van der Waals surface area contributed by atoms with Crippen LogP contribution in [0.2, 0.25) is 5.02 Å². The van der Waals surface area contributed by atoms with Crippen molar-refractivity contribution in [3.05, 3.63) is 46.7 Å². The zero-order valence-electron chi connectivity index (χ0n) is 10.7. The number of hydrogen-bond acceptors (Lipinski definition) is 4. The van der Waals surface area contributed by atoms with Crippen molar-refractivity contribution in [2.45, 2.75) is 19.8 Å². The van der Waals surface area contributed by atoms with Gasteiger partial charge in [0.1, 0.15) is 0 Å². The number of benzene rings is 1. The maximum Gasteiger partial charge on any atom is 0.227 e. The third-order valence-electron chi connectivity index (χ3n) is 2.60. The molecule has 0 aliphatic heterocycles. The van der Waals surface area contributed by atoms with Gasteiger partial charge >= 0.3 is 0 Å². The van der Waals surface area contributed by atoms with E-state index in [2.05, 4.69) is 15.3 Å². The molecule has 5 heteroatoms. The molecule has 1 aromatic carbocycles. The Kier molecular flexibility index (Phi) is 4.12. The fraction of sp³-hybridized carbons (Fsp3) is 0.214. The van der Waals surface area contributed by atoms with Crippen molar-refractivity contribution in [2.75, 3.05) is 5.32 Å². The number of aromatic nitrogens is 2. The molecule has 0 unspecified atom stereocenters. The first-order valence-corrected chi connectivity index (χ1v) is 6.32. The molecular weight excluding hydrogens is 262 g/mol. The van der Waals surface area contributed by atoms with Crippen molar-refractivity contribution in [2.24, 2.45) is 0 Å². The number of anilines is 2. The van der Waals surface area contributed by atoms with E-state index in [0.717, 1.165) is 17.7 Å². The summed E-state index contributed by atoms with van der Waals surface area (Å²) in [4.78, 5) is 19.4. The standard InChI is InChI=1S/C14H14ClN3O/c1-9(2)13-10(8-19)7-16-14(18-13)17-12-5-3-4-11(15)6-12/h3-9H,1-2H3,(H,16,17,18). The molecule has 0 atom stereocenters. The first kappa shape index (κ1) is 13.5. The maximum atomic E-state index is 10.9. The summed E-state index contributed by atoms with van der Waals surface area (Å²) in [6, 6.07) is 7.29. The zero-order valence-corrected chi connectivity index (χ0v) is 11.5. The summed E-state index contributed by atoms with van der Waals surface area (Å²) in [6.07, 6.45) is 2.31. The lowest BCUT2D eigenvalue weighted by Crippen LogP contribution is -2.05. The predicted octanol–water partition coefficient (Wildman–Crippen LogP) is 3.81. The van der Waals surface area contributed by atoms with E-state index in [4.69, 9.17) is 11.6 Å². The number of nitrogens with zero attached hydrogens (tertiary/aromatic N) is 2. The highest BCUT2D eigenvalue weighted by Gasteiger charge is 2.10. The fourth-order valence-electron chi connectivity index (χ4n) is 1.71. The molecule has 0 saturated carbocycles. The SMILES string of the molecule is CC(C)c1nc(Nc2cccc(Cl)c2)ncc1C=O. The molecule has 0 aliphatic rings. The summed E-state index contributed by atoms with van der Waals surface area (Å²) >= 11 is 5.91. The van der Waals surface area contributed by atoms with Gasteiger partial charge in [0.15, 0.2) is 6.29 Å². The molecule has 0 amide bonds. The van der Waals surface area contributed by atoms with Gasteiger partial charge in [-0.15, -0.1) is 0 Å². The Labute approximate surface area is 116 Å². The summed E-state index contributed by atoms with van der Waals surface area (Å²) in [5, 5.41) is 3.71. The van der Waals surface area contributed by atoms with Crippen LogP contribution in [0.1, 0.15) is 35.8 Å². The summed E-state index contributed by atoms with van der Waals surface area (Å²) in [7, 11) is 0. The van der Waals surface area contributed by atoms with Crippen LogP contribution in [0.4, 0.5) is 11.6 Å². The van der Waals surface area contributed by atoms with Gasteiger partial charge in [-0.3, -0.25) is 4.79 Å². The van der Waals surface area contributed by atoms with Crippen LogP contribution < -0.4 is 5.32 Å². The van der Waals surface area contributed by atoms with Gasteiger partial charge in [-0.2, -0.15) is 0 Å².